The molecule has 2 aromatic rings. The first-order valence-corrected chi connectivity index (χ1v) is 11.5. The van der Waals surface area contributed by atoms with Crippen molar-refractivity contribution in [2.75, 3.05) is 20.8 Å². The van der Waals surface area contributed by atoms with Gasteiger partial charge in [0.2, 0.25) is 10.0 Å². The smallest absolute Gasteiger partial charge is 0.251 e. The van der Waals surface area contributed by atoms with Crippen LogP contribution < -0.4 is 19.5 Å². The number of benzene rings is 2. The van der Waals surface area contributed by atoms with Crippen molar-refractivity contribution in [1.82, 2.24) is 10.0 Å². The lowest BCUT2D eigenvalue weighted by Crippen LogP contribution is -2.32. The minimum atomic E-state index is -3.49. The molecule has 0 spiro atoms. The van der Waals surface area contributed by atoms with Crippen LogP contribution in [-0.4, -0.2) is 41.1 Å². The number of nitrogens with one attached hydrogen (secondary N) is 2. The summed E-state index contributed by atoms with van der Waals surface area (Å²) in [7, 11) is -0.424. The lowest BCUT2D eigenvalue weighted by atomic mass is 10.1. The highest BCUT2D eigenvalue weighted by molar-refractivity contribution is 7.89. The monoisotopic (exact) mass is 432 g/mol. The number of amides is 1. The zero-order valence-corrected chi connectivity index (χ0v) is 18.1. The van der Waals surface area contributed by atoms with Gasteiger partial charge < -0.3 is 14.8 Å². The predicted molar refractivity (Wildman–Crippen MR) is 115 cm³/mol. The Morgan fingerprint density at radius 2 is 1.60 bits per heavy atom. The Balaban J connectivity index is 1.54. The van der Waals surface area contributed by atoms with Crippen molar-refractivity contribution in [2.24, 2.45) is 0 Å². The zero-order valence-electron chi connectivity index (χ0n) is 17.3. The van der Waals surface area contributed by atoms with Gasteiger partial charge in [0.15, 0.2) is 0 Å². The summed E-state index contributed by atoms with van der Waals surface area (Å²) in [6.45, 7) is 0.421. The Morgan fingerprint density at radius 3 is 2.17 bits per heavy atom. The Hall–Kier alpha value is -2.58. The van der Waals surface area contributed by atoms with E-state index in [9.17, 15) is 13.2 Å². The fourth-order valence-corrected chi connectivity index (χ4v) is 4.83. The molecule has 1 aliphatic rings. The molecule has 162 valence electrons. The van der Waals surface area contributed by atoms with Gasteiger partial charge in [0.25, 0.3) is 5.91 Å². The van der Waals surface area contributed by atoms with Crippen molar-refractivity contribution in [3.8, 4) is 11.5 Å². The molecule has 0 radical (unpaired) electrons. The van der Waals surface area contributed by atoms with Crippen LogP contribution in [0.3, 0.4) is 0 Å². The molecule has 0 bridgehead atoms. The van der Waals surface area contributed by atoms with Gasteiger partial charge in [0, 0.05) is 24.2 Å². The normalized spacial score (nSPS) is 14.5. The summed E-state index contributed by atoms with van der Waals surface area (Å²) in [5.74, 6) is 0.859. The van der Waals surface area contributed by atoms with Crippen molar-refractivity contribution in [1.29, 1.82) is 0 Å². The average Bonchev–Trinajstić information content (AvgIpc) is 3.25. The van der Waals surface area contributed by atoms with E-state index in [4.69, 9.17) is 9.47 Å². The van der Waals surface area contributed by atoms with E-state index in [0.717, 1.165) is 31.2 Å². The maximum Gasteiger partial charge on any atom is 0.251 e. The summed E-state index contributed by atoms with van der Waals surface area (Å²) in [5.41, 5.74) is 1.39. The van der Waals surface area contributed by atoms with E-state index in [1.54, 1.807) is 42.5 Å². The van der Waals surface area contributed by atoms with E-state index in [1.807, 2.05) is 0 Å². The Labute approximate surface area is 177 Å². The van der Waals surface area contributed by atoms with Gasteiger partial charge in [-0.2, -0.15) is 0 Å². The third-order valence-corrected chi connectivity index (χ3v) is 6.76. The molecule has 8 heteroatoms. The van der Waals surface area contributed by atoms with Gasteiger partial charge in [-0.15, -0.1) is 0 Å². The molecular weight excluding hydrogens is 404 g/mol. The Bertz CT molecular complexity index is 945. The topological polar surface area (TPSA) is 93.7 Å². The van der Waals surface area contributed by atoms with E-state index in [-0.39, 0.29) is 16.8 Å². The molecule has 30 heavy (non-hydrogen) atoms. The van der Waals surface area contributed by atoms with Crippen LogP contribution >= 0.6 is 0 Å². The SMILES string of the molecule is COc1cc(OC)cc(C(=O)NCCc2ccc(S(=O)(=O)NC3CCCC3)cc2)c1. The van der Waals surface area contributed by atoms with Crippen molar-refractivity contribution in [3.63, 3.8) is 0 Å². The first-order valence-electron chi connectivity index (χ1n) is 10.0. The van der Waals surface area contributed by atoms with Crippen LogP contribution in [0.2, 0.25) is 0 Å². The van der Waals surface area contributed by atoms with E-state index in [2.05, 4.69) is 10.0 Å². The number of hydrogen-bond acceptors (Lipinski definition) is 5. The predicted octanol–water partition coefficient (Wildman–Crippen LogP) is 2.90. The molecule has 0 aliphatic heterocycles. The third kappa shape index (κ3) is 5.73. The zero-order chi connectivity index (χ0) is 21.6. The number of ether oxygens (including phenoxy) is 2. The van der Waals surface area contributed by atoms with Gasteiger partial charge in [-0.25, -0.2) is 13.1 Å². The summed E-state index contributed by atoms with van der Waals surface area (Å²) in [4.78, 5) is 12.7. The minimum Gasteiger partial charge on any atom is -0.497 e. The largest absolute Gasteiger partial charge is 0.497 e. The van der Waals surface area contributed by atoms with Gasteiger partial charge >= 0.3 is 0 Å². The number of carbonyl (C=O) groups excluding carboxylic acids is 1. The molecule has 1 amide bonds. The molecule has 2 N–H and O–H groups in total. The number of sulfonamides is 1. The molecule has 1 saturated carbocycles. The fraction of sp³-hybridized carbons (Fsp3) is 0.409. The summed E-state index contributed by atoms with van der Waals surface area (Å²) < 4.78 is 38.1. The van der Waals surface area contributed by atoms with Gasteiger partial charge in [-0.05, 0) is 49.1 Å². The van der Waals surface area contributed by atoms with Crippen LogP contribution in [0.1, 0.15) is 41.6 Å². The van der Waals surface area contributed by atoms with Gasteiger partial charge in [0.1, 0.15) is 11.5 Å². The molecule has 0 heterocycles. The summed E-state index contributed by atoms with van der Waals surface area (Å²) in [6, 6.07) is 11.8. The first kappa shape index (κ1) is 22.1. The molecular formula is C22H28N2O5S. The number of methoxy groups -OCH3 is 2. The molecule has 0 atom stereocenters. The molecule has 0 unspecified atom stereocenters. The molecule has 2 aromatic carbocycles. The van der Waals surface area contributed by atoms with Crippen molar-refractivity contribution >= 4 is 15.9 Å². The van der Waals surface area contributed by atoms with Crippen LogP contribution in [0, 0.1) is 0 Å². The van der Waals surface area contributed by atoms with Gasteiger partial charge in [0.05, 0.1) is 19.1 Å². The third-order valence-electron chi connectivity index (χ3n) is 5.22. The fourth-order valence-electron chi connectivity index (χ4n) is 3.53. The van der Waals surface area contributed by atoms with Crippen molar-refractivity contribution < 1.29 is 22.7 Å². The van der Waals surface area contributed by atoms with Crippen molar-refractivity contribution in [3.05, 3.63) is 53.6 Å². The average molecular weight is 433 g/mol. The standard InChI is InChI=1S/C22H28N2O5S/c1-28-19-13-17(14-20(15-19)29-2)22(25)23-12-11-16-7-9-21(10-8-16)30(26,27)24-18-5-3-4-6-18/h7-10,13-15,18,24H,3-6,11-12H2,1-2H3,(H,23,25). The number of hydrogen-bond donors (Lipinski definition) is 2. The van der Waals surface area contributed by atoms with E-state index in [1.165, 1.54) is 14.2 Å². The Kier molecular flexibility index (Phi) is 7.33. The molecule has 0 saturated heterocycles. The number of rotatable bonds is 9. The lowest BCUT2D eigenvalue weighted by molar-refractivity contribution is 0.0953. The van der Waals surface area contributed by atoms with Gasteiger partial charge in [-0.3, -0.25) is 4.79 Å². The maximum atomic E-state index is 12.5. The summed E-state index contributed by atoms with van der Waals surface area (Å²) >= 11 is 0. The number of carbonyl (C=O) groups is 1. The minimum absolute atomic E-state index is 0.0418. The molecule has 3 rings (SSSR count). The quantitative estimate of drug-likeness (QED) is 0.636. The highest BCUT2D eigenvalue weighted by Gasteiger charge is 2.22. The molecule has 7 nitrogen and oxygen atoms in total. The lowest BCUT2D eigenvalue weighted by Gasteiger charge is -2.13. The summed E-state index contributed by atoms with van der Waals surface area (Å²) in [6.07, 6.45) is 4.52. The second kappa shape index (κ2) is 9.95. The van der Waals surface area contributed by atoms with Crippen LogP contribution in [0.25, 0.3) is 0 Å². The van der Waals surface area contributed by atoms with Crippen LogP contribution in [0.5, 0.6) is 11.5 Å². The Morgan fingerprint density at radius 1 is 1.00 bits per heavy atom. The molecule has 1 fully saturated rings. The highest BCUT2D eigenvalue weighted by Crippen LogP contribution is 2.23. The maximum absolute atomic E-state index is 12.5. The van der Waals surface area contributed by atoms with Crippen molar-refractivity contribution in [2.45, 2.75) is 43.0 Å². The van der Waals surface area contributed by atoms with E-state index >= 15 is 0 Å². The first-order chi connectivity index (χ1) is 14.4. The molecule has 1 aliphatic carbocycles. The second-order valence-corrected chi connectivity index (χ2v) is 9.07. The highest BCUT2D eigenvalue weighted by atomic mass is 32.2. The van der Waals surface area contributed by atoms with Crippen LogP contribution in [-0.2, 0) is 16.4 Å². The van der Waals surface area contributed by atoms with Crippen LogP contribution in [0.4, 0.5) is 0 Å². The van der Waals surface area contributed by atoms with Crippen LogP contribution in [0.15, 0.2) is 47.4 Å². The second-order valence-electron chi connectivity index (χ2n) is 7.35. The van der Waals surface area contributed by atoms with E-state index in [0.29, 0.717) is 30.0 Å². The summed E-state index contributed by atoms with van der Waals surface area (Å²) in [5, 5.41) is 2.86. The molecule has 0 aromatic heterocycles. The van der Waals surface area contributed by atoms with E-state index < -0.39 is 10.0 Å². The van der Waals surface area contributed by atoms with Gasteiger partial charge in [-0.1, -0.05) is 25.0 Å².